The fraction of sp³-hybridized carbons (Fsp3) is 0.0909. The van der Waals surface area contributed by atoms with Crippen LogP contribution < -0.4 is 0 Å². The highest BCUT2D eigenvalue weighted by Crippen LogP contribution is 2.31. The first-order valence-electron chi connectivity index (χ1n) is 8.39. The van der Waals surface area contributed by atoms with E-state index in [0.717, 1.165) is 34.2 Å². The lowest BCUT2D eigenvalue weighted by Gasteiger charge is -2.14. The smallest absolute Gasteiger partial charge is 0.166 e. The summed E-state index contributed by atoms with van der Waals surface area (Å²) in [6.07, 6.45) is 7.26. The number of nitrogens with zero attached hydrogens (tertiary/aromatic N) is 4. The number of carbonyl (C=O) groups is 1. The van der Waals surface area contributed by atoms with E-state index in [1.807, 2.05) is 50.3 Å². The summed E-state index contributed by atoms with van der Waals surface area (Å²) in [5.41, 5.74) is 6.12. The molecular formula is C22H18N4O. The Morgan fingerprint density at radius 2 is 2.00 bits per heavy atom. The van der Waals surface area contributed by atoms with E-state index in [0.29, 0.717) is 16.8 Å². The van der Waals surface area contributed by atoms with Crippen LogP contribution in [0.4, 0.5) is 0 Å². The third-order valence-electron chi connectivity index (χ3n) is 4.31. The molecule has 0 bridgehead atoms. The van der Waals surface area contributed by atoms with Gasteiger partial charge in [-0.2, -0.15) is 10.4 Å². The van der Waals surface area contributed by atoms with Gasteiger partial charge in [0.2, 0.25) is 0 Å². The first kappa shape index (κ1) is 18.0. The van der Waals surface area contributed by atoms with Crippen molar-refractivity contribution in [1.29, 1.82) is 5.26 Å². The van der Waals surface area contributed by atoms with Gasteiger partial charge in [0.1, 0.15) is 6.33 Å². The molecule has 5 heteroatoms. The second kappa shape index (κ2) is 7.63. The van der Waals surface area contributed by atoms with Gasteiger partial charge in [0.25, 0.3) is 0 Å². The molecule has 0 unspecified atom stereocenters. The highest BCUT2D eigenvalue weighted by atomic mass is 16.1. The standard InChI is InChI=1S/C22H18N4O/c1-4-17(12-23)8-7-16(3)20-11-19(13-27)22-24-14-25-26(22)21(20)18-9-5-15(2)6-10-18/h4-11,13-14H,1H2,2-3H3/b16-7+,17-8+. The molecule has 0 aliphatic rings. The Morgan fingerprint density at radius 1 is 1.26 bits per heavy atom. The molecule has 0 N–H and O–H groups in total. The van der Waals surface area contributed by atoms with Gasteiger partial charge in [0, 0.05) is 11.1 Å². The molecule has 2 aromatic heterocycles. The lowest BCUT2D eigenvalue weighted by Crippen LogP contribution is -2.03. The lowest BCUT2D eigenvalue weighted by atomic mass is 9.97. The fourth-order valence-corrected chi connectivity index (χ4v) is 2.84. The largest absolute Gasteiger partial charge is 0.298 e. The van der Waals surface area contributed by atoms with Gasteiger partial charge in [-0.05, 0) is 31.6 Å². The van der Waals surface area contributed by atoms with E-state index in [9.17, 15) is 4.79 Å². The molecular weight excluding hydrogens is 336 g/mol. The fourth-order valence-electron chi connectivity index (χ4n) is 2.84. The molecule has 27 heavy (non-hydrogen) atoms. The Hall–Kier alpha value is -3.78. The molecule has 5 nitrogen and oxygen atoms in total. The normalized spacial score (nSPS) is 12.0. The van der Waals surface area contributed by atoms with Crippen LogP contribution >= 0.6 is 0 Å². The number of carbonyl (C=O) groups excluding carboxylic acids is 1. The van der Waals surface area contributed by atoms with Gasteiger partial charge in [-0.15, -0.1) is 0 Å². The predicted molar refractivity (Wildman–Crippen MR) is 106 cm³/mol. The number of pyridine rings is 1. The molecule has 0 fully saturated rings. The summed E-state index contributed by atoms with van der Waals surface area (Å²) < 4.78 is 1.68. The molecule has 0 amide bonds. The second-order valence-electron chi connectivity index (χ2n) is 6.13. The van der Waals surface area contributed by atoms with Crippen LogP contribution in [0.2, 0.25) is 0 Å². The third-order valence-corrected chi connectivity index (χ3v) is 4.31. The Kier molecular flexibility index (Phi) is 5.09. The van der Waals surface area contributed by atoms with Crippen molar-refractivity contribution in [2.45, 2.75) is 13.8 Å². The molecule has 3 rings (SSSR count). The summed E-state index contributed by atoms with van der Waals surface area (Å²) in [6, 6.07) is 12.0. The zero-order valence-corrected chi connectivity index (χ0v) is 15.2. The van der Waals surface area contributed by atoms with Crippen molar-refractivity contribution >= 4 is 17.5 Å². The predicted octanol–water partition coefficient (Wildman–Crippen LogP) is 4.56. The van der Waals surface area contributed by atoms with E-state index in [1.54, 1.807) is 10.6 Å². The molecule has 1 aromatic carbocycles. The van der Waals surface area contributed by atoms with Gasteiger partial charge < -0.3 is 0 Å². The van der Waals surface area contributed by atoms with Crippen LogP contribution in [0.3, 0.4) is 0 Å². The van der Waals surface area contributed by atoms with Gasteiger partial charge >= 0.3 is 0 Å². The molecule has 0 atom stereocenters. The van der Waals surface area contributed by atoms with Gasteiger partial charge in [-0.1, -0.05) is 48.6 Å². The number of fused-ring (bicyclic) bond motifs is 1. The zero-order valence-electron chi connectivity index (χ0n) is 15.2. The topological polar surface area (TPSA) is 71.0 Å². The van der Waals surface area contributed by atoms with Crippen molar-refractivity contribution in [2.75, 3.05) is 0 Å². The number of aryl methyl sites for hydroxylation is 1. The molecule has 132 valence electrons. The van der Waals surface area contributed by atoms with E-state index < -0.39 is 0 Å². The van der Waals surface area contributed by atoms with Crippen molar-refractivity contribution in [3.05, 3.63) is 83.7 Å². The van der Waals surface area contributed by atoms with Crippen molar-refractivity contribution < 1.29 is 4.79 Å². The zero-order chi connectivity index (χ0) is 19.4. The summed E-state index contributed by atoms with van der Waals surface area (Å²) >= 11 is 0. The maximum Gasteiger partial charge on any atom is 0.166 e. The summed E-state index contributed by atoms with van der Waals surface area (Å²) in [4.78, 5) is 15.8. The van der Waals surface area contributed by atoms with Crippen molar-refractivity contribution in [1.82, 2.24) is 14.6 Å². The molecule has 0 saturated carbocycles. The maximum atomic E-state index is 11.6. The SMILES string of the molecule is C=C/C(C#N)=C\C=C(/C)c1cc(C=O)c2ncnn2c1-c1ccc(C)cc1. The summed E-state index contributed by atoms with van der Waals surface area (Å²) in [7, 11) is 0. The third kappa shape index (κ3) is 3.46. The minimum absolute atomic E-state index is 0.458. The van der Waals surface area contributed by atoms with Crippen LogP contribution in [-0.2, 0) is 0 Å². The average Bonchev–Trinajstić information content (AvgIpc) is 3.18. The number of aromatic nitrogens is 3. The Morgan fingerprint density at radius 3 is 2.63 bits per heavy atom. The second-order valence-corrected chi connectivity index (χ2v) is 6.13. The van der Waals surface area contributed by atoms with E-state index in [4.69, 9.17) is 5.26 Å². The van der Waals surface area contributed by atoms with E-state index in [-0.39, 0.29) is 0 Å². The van der Waals surface area contributed by atoms with Crippen LogP contribution in [0.15, 0.2) is 67.0 Å². The Labute approximate surface area is 157 Å². The number of hydrogen-bond donors (Lipinski definition) is 0. The number of allylic oxidation sites excluding steroid dienone is 5. The first-order valence-corrected chi connectivity index (χ1v) is 8.39. The highest BCUT2D eigenvalue weighted by molar-refractivity contribution is 5.90. The summed E-state index contributed by atoms with van der Waals surface area (Å²) in [6.45, 7) is 7.59. The molecule has 0 spiro atoms. The summed E-state index contributed by atoms with van der Waals surface area (Å²) in [5, 5.41) is 13.4. The first-order chi connectivity index (χ1) is 13.1. The minimum Gasteiger partial charge on any atom is -0.298 e. The summed E-state index contributed by atoms with van der Waals surface area (Å²) in [5.74, 6) is 0. The number of benzene rings is 1. The van der Waals surface area contributed by atoms with Gasteiger partial charge in [0.15, 0.2) is 11.9 Å². The maximum absolute atomic E-state index is 11.6. The van der Waals surface area contributed by atoms with Gasteiger partial charge in [-0.3, -0.25) is 4.79 Å². The van der Waals surface area contributed by atoms with E-state index in [2.05, 4.69) is 22.7 Å². The van der Waals surface area contributed by atoms with Crippen LogP contribution in [0.1, 0.15) is 28.4 Å². The quantitative estimate of drug-likeness (QED) is 0.383. The van der Waals surface area contributed by atoms with E-state index in [1.165, 1.54) is 12.4 Å². The van der Waals surface area contributed by atoms with Gasteiger partial charge in [0.05, 0.1) is 22.9 Å². The van der Waals surface area contributed by atoms with Crippen molar-refractivity contribution in [3.8, 4) is 17.3 Å². The monoisotopic (exact) mass is 354 g/mol. The van der Waals surface area contributed by atoms with Crippen LogP contribution in [0.25, 0.3) is 22.5 Å². The lowest BCUT2D eigenvalue weighted by molar-refractivity contribution is 0.112. The number of rotatable bonds is 5. The van der Waals surface area contributed by atoms with Crippen LogP contribution in [0.5, 0.6) is 0 Å². The number of nitriles is 1. The molecule has 0 radical (unpaired) electrons. The van der Waals surface area contributed by atoms with Crippen molar-refractivity contribution in [2.24, 2.45) is 0 Å². The Bertz CT molecular complexity index is 1130. The van der Waals surface area contributed by atoms with Crippen molar-refractivity contribution in [3.63, 3.8) is 0 Å². The average molecular weight is 354 g/mol. The number of aldehydes is 1. The van der Waals surface area contributed by atoms with E-state index >= 15 is 0 Å². The van der Waals surface area contributed by atoms with Gasteiger partial charge in [-0.25, -0.2) is 9.50 Å². The van der Waals surface area contributed by atoms with Crippen LogP contribution in [-0.4, -0.2) is 20.9 Å². The molecule has 3 aromatic rings. The molecule has 0 aliphatic heterocycles. The highest BCUT2D eigenvalue weighted by Gasteiger charge is 2.16. The minimum atomic E-state index is 0.458. The molecule has 0 aliphatic carbocycles. The Balaban J connectivity index is 2.32. The molecule has 0 saturated heterocycles. The molecule has 2 heterocycles. The number of hydrogen-bond acceptors (Lipinski definition) is 4. The van der Waals surface area contributed by atoms with Crippen LogP contribution in [0, 0.1) is 18.3 Å².